The molecule has 1 heterocycles. The van der Waals surface area contributed by atoms with E-state index >= 15 is 0 Å². The Labute approximate surface area is 82.7 Å². The molecule has 1 aromatic heterocycles. The Morgan fingerprint density at radius 3 is 2.92 bits per heavy atom. The third-order valence-corrected chi connectivity index (χ3v) is 2.31. The van der Waals surface area contributed by atoms with Gasteiger partial charge in [-0.25, -0.2) is 0 Å². The van der Waals surface area contributed by atoms with Crippen LogP contribution in [0.3, 0.4) is 0 Å². The van der Waals surface area contributed by atoms with E-state index in [1.807, 2.05) is 42.6 Å². The fraction of sp³-hybridized carbons (Fsp3) is 0.300. The molecule has 0 aliphatic rings. The smallest absolute Gasteiger partial charge is 0.0961 e. The predicted molar refractivity (Wildman–Crippen MR) is 56.5 cm³/mol. The van der Waals surface area contributed by atoms with Gasteiger partial charge in [-0.15, -0.1) is 11.3 Å². The molecule has 0 bridgehead atoms. The van der Waals surface area contributed by atoms with E-state index in [0.717, 1.165) is 10.5 Å². The van der Waals surface area contributed by atoms with Gasteiger partial charge in [0, 0.05) is 17.0 Å². The molecule has 0 saturated heterocycles. The molecule has 0 radical (unpaired) electrons. The highest BCUT2D eigenvalue weighted by molar-refractivity contribution is 7.10. The highest BCUT2D eigenvalue weighted by Crippen LogP contribution is 2.13. The molecule has 13 heavy (non-hydrogen) atoms. The third kappa shape index (κ3) is 3.41. The van der Waals surface area contributed by atoms with Gasteiger partial charge in [0.1, 0.15) is 0 Å². The summed E-state index contributed by atoms with van der Waals surface area (Å²) in [4.78, 5) is 3.13. The van der Waals surface area contributed by atoms with Gasteiger partial charge in [0.2, 0.25) is 0 Å². The second-order valence-electron chi connectivity index (χ2n) is 3.03. The lowest BCUT2D eigenvalue weighted by Crippen LogP contribution is -2.14. The number of rotatable bonds is 3. The summed E-state index contributed by atoms with van der Waals surface area (Å²) in [6, 6.07) is 6.20. The van der Waals surface area contributed by atoms with Gasteiger partial charge in [0.25, 0.3) is 0 Å². The quantitative estimate of drug-likeness (QED) is 0.687. The molecule has 0 aliphatic heterocycles. The van der Waals surface area contributed by atoms with Crippen molar-refractivity contribution in [3.05, 3.63) is 28.0 Å². The highest BCUT2D eigenvalue weighted by atomic mass is 32.1. The van der Waals surface area contributed by atoms with E-state index in [9.17, 15) is 0 Å². The monoisotopic (exact) mass is 192 g/mol. The first-order chi connectivity index (χ1) is 6.22. The zero-order chi connectivity index (χ0) is 9.68. The molecule has 3 heteroatoms. The van der Waals surface area contributed by atoms with Gasteiger partial charge in [-0.3, -0.25) is 0 Å². The minimum atomic E-state index is 0.703. The van der Waals surface area contributed by atoms with Crippen molar-refractivity contribution in [3.8, 4) is 6.07 Å². The topological polar surface area (TPSA) is 27.0 Å². The first-order valence-electron chi connectivity index (χ1n) is 4.01. The predicted octanol–water partition coefficient (Wildman–Crippen LogP) is 2.22. The van der Waals surface area contributed by atoms with Crippen molar-refractivity contribution in [2.45, 2.75) is 0 Å². The zero-order valence-corrected chi connectivity index (χ0v) is 8.64. The fourth-order valence-electron chi connectivity index (χ4n) is 0.999. The average Bonchev–Trinajstić information content (AvgIpc) is 2.55. The minimum absolute atomic E-state index is 0.703. The highest BCUT2D eigenvalue weighted by Gasteiger charge is 1.98. The molecule has 0 amide bonds. The Kier molecular flexibility index (Phi) is 3.69. The summed E-state index contributed by atoms with van der Waals surface area (Å²) in [5.41, 5.74) is 0.799. The SMILES string of the molecule is CN(C)CC(C#N)=Cc1cccs1. The van der Waals surface area contributed by atoms with Crippen LogP contribution in [0.15, 0.2) is 23.1 Å². The standard InChI is InChI=1S/C10H12N2S/c1-12(2)8-9(7-11)6-10-4-3-5-13-10/h3-6H,8H2,1-2H3. The van der Waals surface area contributed by atoms with Crippen molar-refractivity contribution >= 4 is 17.4 Å². The molecule has 0 aliphatic carbocycles. The lowest BCUT2D eigenvalue weighted by molar-refractivity contribution is 0.451. The minimum Gasteiger partial charge on any atom is -0.304 e. The maximum absolute atomic E-state index is 8.83. The summed E-state index contributed by atoms with van der Waals surface area (Å²) in [6.07, 6.45) is 1.94. The lowest BCUT2D eigenvalue weighted by Gasteiger charge is -2.06. The summed E-state index contributed by atoms with van der Waals surface area (Å²) < 4.78 is 0. The Morgan fingerprint density at radius 1 is 1.69 bits per heavy atom. The lowest BCUT2D eigenvalue weighted by atomic mass is 10.2. The van der Waals surface area contributed by atoms with Gasteiger partial charge in [-0.2, -0.15) is 5.26 Å². The van der Waals surface area contributed by atoms with Crippen LogP contribution in [-0.4, -0.2) is 25.5 Å². The summed E-state index contributed by atoms with van der Waals surface area (Å²) in [5, 5.41) is 10.8. The normalized spacial score (nSPS) is 11.7. The van der Waals surface area contributed by atoms with Crippen LogP contribution in [-0.2, 0) is 0 Å². The van der Waals surface area contributed by atoms with Gasteiger partial charge in [0.15, 0.2) is 0 Å². The number of nitrogens with zero attached hydrogens (tertiary/aromatic N) is 2. The van der Waals surface area contributed by atoms with Crippen LogP contribution < -0.4 is 0 Å². The van der Waals surface area contributed by atoms with E-state index in [1.54, 1.807) is 11.3 Å². The zero-order valence-electron chi connectivity index (χ0n) is 7.82. The average molecular weight is 192 g/mol. The molecule has 0 saturated carbocycles. The first kappa shape index (κ1) is 9.97. The van der Waals surface area contributed by atoms with Crippen LogP contribution in [0, 0.1) is 11.3 Å². The Balaban J connectivity index is 2.73. The molecule has 1 aromatic rings. The third-order valence-electron chi connectivity index (χ3n) is 1.49. The van der Waals surface area contributed by atoms with Gasteiger partial charge < -0.3 is 4.90 Å². The molecule has 0 unspecified atom stereocenters. The summed E-state index contributed by atoms with van der Waals surface area (Å²) in [7, 11) is 3.92. The van der Waals surface area contributed by atoms with E-state index < -0.39 is 0 Å². The molecule has 0 aromatic carbocycles. The number of hydrogen-bond donors (Lipinski definition) is 0. The number of thiophene rings is 1. The van der Waals surface area contributed by atoms with Crippen molar-refractivity contribution in [1.82, 2.24) is 4.90 Å². The van der Waals surface area contributed by atoms with Gasteiger partial charge in [0.05, 0.1) is 6.07 Å². The molecular weight excluding hydrogens is 180 g/mol. The van der Waals surface area contributed by atoms with Crippen molar-refractivity contribution in [3.63, 3.8) is 0 Å². The van der Waals surface area contributed by atoms with Crippen LogP contribution in [0.2, 0.25) is 0 Å². The largest absolute Gasteiger partial charge is 0.304 e. The second kappa shape index (κ2) is 4.80. The van der Waals surface area contributed by atoms with E-state index in [-0.39, 0.29) is 0 Å². The van der Waals surface area contributed by atoms with Crippen LogP contribution in [0.4, 0.5) is 0 Å². The van der Waals surface area contributed by atoms with Crippen LogP contribution in [0.1, 0.15) is 4.88 Å². The van der Waals surface area contributed by atoms with E-state index in [0.29, 0.717) is 6.54 Å². The molecule has 2 nitrogen and oxygen atoms in total. The molecular formula is C10H12N2S. The van der Waals surface area contributed by atoms with Gasteiger partial charge in [-0.05, 0) is 31.6 Å². The Hall–Kier alpha value is -1.11. The van der Waals surface area contributed by atoms with Crippen LogP contribution in [0.5, 0.6) is 0 Å². The molecule has 68 valence electrons. The van der Waals surface area contributed by atoms with Crippen LogP contribution >= 0.6 is 11.3 Å². The molecule has 0 N–H and O–H groups in total. The Morgan fingerprint density at radius 2 is 2.46 bits per heavy atom. The van der Waals surface area contributed by atoms with Crippen molar-refractivity contribution in [1.29, 1.82) is 5.26 Å². The maximum atomic E-state index is 8.83. The summed E-state index contributed by atoms with van der Waals surface area (Å²) in [5.74, 6) is 0. The second-order valence-corrected chi connectivity index (χ2v) is 4.01. The fourth-order valence-corrected chi connectivity index (χ4v) is 1.68. The molecule has 0 spiro atoms. The number of nitriles is 1. The van der Waals surface area contributed by atoms with Crippen molar-refractivity contribution in [2.24, 2.45) is 0 Å². The Bertz CT molecular complexity index is 317. The van der Waals surface area contributed by atoms with Gasteiger partial charge >= 0.3 is 0 Å². The van der Waals surface area contributed by atoms with Gasteiger partial charge in [-0.1, -0.05) is 6.07 Å². The summed E-state index contributed by atoms with van der Waals surface area (Å²) >= 11 is 1.65. The van der Waals surface area contributed by atoms with E-state index in [1.165, 1.54) is 0 Å². The number of hydrogen-bond acceptors (Lipinski definition) is 3. The van der Waals surface area contributed by atoms with Crippen molar-refractivity contribution in [2.75, 3.05) is 20.6 Å². The van der Waals surface area contributed by atoms with E-state index in [4.69, 9.17) is 5.26 Å². The summed E-state index contributed by atoms with van der Waals surface area (Å²) in [6.45, 7) is 0.703. The molecule has 0 fully saturated rings. The molecule has 1 rings (SSSR count). The first-order valence-corrected chi connectivity index (χ1v) is 4.89. The number of likely N-dealkylation sites (N-methyl/N-ethyl adjacent to an activating group) is 1. The van der Waals surface area contributed by atoms with Crippen molar-refractivity contribution < 1.29 is 0 Å². The maximum Gasteiger partial charge on any atom is 0.0961 e. The van der Waals surface area contributed by atoms with Crippen LogP contribution in [0.25, 0.3) is 6.08 Å². The van der Waals surface area contributed by atoms with E-state index in [2.05, 4.69) is 6.07 Å². The molecule has 0 atom stereocenters.